The normalized spacial score (nSPS) is 15.9. The Hall–Kier alpha value is -4.26. The van der Waals surface area contributed by atoms with E-state index < -0.39 is 6.04 Å². The molecule has 0 fully saturated rings. The number of halogens is 1. The van der Waals surface area contributed by atoms with Crippen molar-refractivity contribution < 1.29 is 13.7 Å². The Morgan fingerprint density at radius 1 is 1.03 bits per heavy atom. The second kappa shape index (κ2) is 9.18. The topological polar surface area (TPSA) is 71.3 Å². The van der Waals surface area contributed by atoms with Crippen molar-refractivity contribution >= 4 is 17.3 Å². The molecule has 0 saturated heterocycles. The lowest BCUT2D eigenvalue weighted by molar-refractivity contribution is 0.244. The number of carbonyl (C=O) groups is 1. The lowest BCUT2D eigenvalue weighted by atomic mass is 9.93. The molecule has 0 radical (unpaired) electrons. The van der Waals surface area contributed by atoms with Gasteiger partial charge in [-0.1, -0.05) is 60.6 Å². The van der Waals surface area contributed by atoms with E-state index in [1.165, 1.54) is 17.7 Å². The molecule has 1 aliphatic rings. The standard InChI is InChI=1S/C28H25FN4O2/c1-4-19-11-13-20(14-12-19)25-24(27-31-26(32-35-27)21-8-6-9-22(29)16-21)18(3)33(28(34)30-25)23-10-5-7-17(2)15-23/h5-16,25H,4H2,1-3H3,(H,30,34). The van der Waals surface area contributed by atoms with E-state index in [1.54, 1.807) is 17.0 Å². The van der Waals surface area contributed by atoms with E-state index in [0.29, 0.717) is 16.8 Å². The molecule has 0 bridgehead atoms. The van der Waals surface area contributed by atoms with Crippen molar-refractivity contribution in [2.45, 2.75) is 33.2 Å². The van der Waals surface area contributed by atoms with Gasteiger partial charge in [0, 0.05) is 11.3 Å². The zero-order valence-electron chi connectivity index (χ0n) is 19.7. The Labute approximate surface area is 203 Å². The van der Waals surface area contributed by atoms with Gasteiger partial charge in [-0.2, -0.15) is 4.98 Å². The molecule has 176 valence electrons. The molecule has 4 aromatic rings. The largest absolute Gasteiger partial charge is 0.334 e. The van der Waals surface area contributed by atoms with Gasteiger partial charge in [-0.3, -0.25) is 4.90 Å². The fourth-order valence-electron chi connectivity index (χ4n) is 4.37. The number of rotatable bonds is 5. The summed E-state index contributed by atoms with van der Waals surface area (Å²) in [6.45, 7) is 5.95. The first-order valence-electron chi connectivity index (χ1n) is 11.5. The van der Waals surface area contributed by atoms with Gasteiger partial charge in [-0.25, -0.2) is 9.18 Å². The van der Waals surface area contributed by atoms with E-state index >= 15 is 0 Å². The van der Waals surface area contributed by atoms with Gasteiger partial charge in [0.05, 0.1) is 17.3 Å². The maximum Gasteiger partial charge on any atom is 0.326 e. The van der Waals surface area contributed by atoms with E-state index in [2.05, 4.69) is 22.4 Å². The summed E-state index contributed by atoms with van der Waals surface area (Å²) < 4.78 is 19.5. The number of amides is 2. The Balaban J connectivity index is 1.65. The second-order valence-electron chi connectivity index (χ2n) is 8.58. The number of aryl methyl sites for hydroxylation is 2. The lowest BCUT2D eigenvalue weighted by Gasteiger charge is -2.35. The number of nitrogens with zero attached hydrogens (tertiary/aromatic N) is 3. The van der Waals surface area contributed by atoms with Gasteiger partial charge in [0.1, 0.15) is 5.82 Å². The van der Waals surface area contributed by atoms with E-state index in [-0.39, 0.29) is 23.6 Å². The zero-order valence-corrected chi connectivity index (χ0v) is 19.7. The first-order chi connectivity index (χ1) is 16.9. The molecule has 1 N–H and O–H groups in total. The van der Waals surface area contributed by atoms with Crippen molar-refractivity contribution in [2.75, 3.05) is 4.90 Å². The molecule has 7 heteroatoms. The summed E-state index contributed by atoms with van der Waals surface area (Å²) >= 11 is 0. The third-order valence-corrected chi connectivity index (χ3v) is 6.21. The number of urea groups is 1. The van der Waals surface area contributed by atoms with Gasteiger partial charge >= 0.3 is 6.03 Å². The van der Waals surface area contributed by atoms with Crippen LogP contribution in [0.5, 0.6) is 0 Å². The molecule has 5 rings (SSSR count). The minimum Gasteiger partial charge on any atom is -0.334 e. The van der Waals surface area contributed by atoms with Crippen LogP contribution in [-0.2, 0) is 6.42 Å². The van der Waals surface area contributed by atoms with E-state index in [0.717, 1.165) is 23.2 Å². The summed E-state index contributed by atoms with van der Waals surface area (Å²) in [5.74, 6) is 0.163. The number of carbonyl (C=O) groups excluding carboxylic acids is 1. The highest BCUT2D eigenvalue weighted by atomic mass is 19.1. The third kappa shape index (κ3) is 4.33. The molecule has 35 heavy (non-hydrogen) atoms. The van der Waals surface area contributed by atoms with Crippen LogP contribution in [-0.4, -0.2) is 16.2 Å². The highest BCUT2D eigenvalue weighted by Gasteiger charge is 2.36. The van der Waals surface area contributed by atoms with Crippen LogP contribution in [0.25, 0.3) is 17.0 Å². The molecular weight excluding hydrogens is 443 g/mol. The first-order valence-corrected chi connectivity index (χ1v) is 11.5. The average molecular weight is 469 g/mol. The maximum absolute atomic E-state index is 13.8. The first kappa shape index (κ1) is 22.5. The van der Waals surface area contributed by atoms with Gasteiger partial charge in [0.25, 0.3) is 5.89 Å². The maximum atomic E-state index is 13.8. The average Bonchev–Trinajstić information content (AvgIpc) is 3.34. The third-order valence-electron chi connectivity index (χ3n) is 6.21. The molecular formula is C28H25FN4O2. The number of allylic oxidation sites excluding steroid dienone is 1. The van der Waals surface area contributed by atoms with Crippen LogP contribution in [0, 0.1) is 12.7 Å². The summed E-state index contributed by atoms with van der Waals surface area (Å²) in [5.41, 5.74) is 5.75. The minimum absolute atomic E-state index is 0.244. The van der Waals surface area contributed by atoms with Gasteiger partial charge in [-0.15, -0.1) is 0 Å². The highest BCUT2D eigenvalue weighted by molar-refractivity contribution is 6.01. The summed E-state index contributed by atoms with van der Waals surface area (Å²) in [6.07, 6.45) is 0.917. The molecule has 1 aromatic heterocycles. The van der Waals surface area contributed by atoms with Crippen molar-refractivity contribution in [1.82, 2.24) is 15.5 Å². The number of hydrogen-bond acceptors (Lipinski definition) is 4. The predicted octanol–water partition coefficient (Wildman–Crippen LogP) is 6.45. The summed E-state index contributed by atoms with van der Waals surface area (Å²) in [6, 6.07) is 21.1. The van der Waals surface area contributed by atoms with Crippen LogP contribution in [0.3, 0.4) is 0 Å². The van der Waals surface area contributed by atoms with Crippen molar-refractivity contribution in [3.05, 3.63) is 107 Å². The molecule has 1 atom stereocenters. The van der Waals surface area contributed by atoms with Gasteiger partial charge in [0.15, 0.2) is 0 Å². The van der Waals surface area contributed by atoms with E-state index in [4.69, 9.17) is 4.52 Å². The highest BCUT2D eigenvalue weighted by Crippen LogP contribution is 2.39. The zero-order chi connectivity index (χ0) is 24.5. The number of benzene rings is 3. The second-order valence-corrected chi connectivity index (χ2v) is 8.58. The van der Waals surface area contributed by atoms with Crippen LogP contribution < -0.4 is 10.2 Å². The Morgan fingerprint density at radius 2 is 1.80 bits per heavy atom. The molecule has 0 saturated carbocycles. The SMILES string of the molecule is CCc1ccc(C2NC(=O)N(c3cccc(C)c3)C(C)=C2c2nc(-c3cccc(F)c3)no2)cc1. The van der Waals surface area contributed by atoms with Crippen molar-refractivity contribution in [2.24, 2.45) is 0 Å². The quantitative estimate of drug-likeness (QED) is 0.365. The van der Waals surface area contributed by atoms with E-state index in [1.807, 2.05) is 62.4 Å². The molecule has 0 aliphatic carbocycles. The van der Waals surface area contributed by atoms with Crippen LogP contribution in [0.15, 0.2) is 83.0 Å². The molecule has 1 unspecified atom stereocenters. The predicted molar refractivity (Wildman–Crippen MR) is 133 cm³/mol. The van der Waals surface area contributed by atoms with E-state index in [9.17, 15) is 9.18 Å². The molecule has 0 spiro atoms. The Bertz CT molecular complexity index is 1420. The summed E-state index contributed by atoms with van der Waals surface area (Å²) in [4.78, 5) is 19.5. The molecule has 2 heterocycles. The molecule has 3 aromatic carbocycles. The number of hydrogen-bond donors (Lipinski definition) is 1. The number of nitrogens with one attached hydrogen (secondary N) is 1. The summed E-state index contributed by atoms with van der Waals surface area (Å²) in [5, 5.41) is 7.22. The summed E-state index contributed by atoms with van der Waals surface area (Å²) in [7, 11) is 0. The fourth-order valence-corrected chi connectivity index (χ4v) is 4.37. The lowest BCUT2D eigenvalue weighted by Crippen LogP contribution is -2.46. The van der Waals surface area contributed by atoms with Crippen LogP contribution in [0.4, 0.5) is 14.9 Å². The molecule has 2 amide bonds. The smallest absolute Gasteiger partial charge is 0.326 e. The van der Waals surface area contributed by atoms with Crippen LogP contribution in [0.2, 0.25) is 0 Å². The Morgan fingerprint density at radius 3 is 2.51 bits per heavy atom. The van der Waals surface area contributed by atoms with Crippen LogP contribution >= 0.6 is 0 Å². The molecule has 6 nitrogen and oxygen atoms in total. The number of aromatic nitrogens is 2. The Kier molecular flexibility index (Phi) is 5.91. The molecule has 1 aliphatic heterocycles. The van der Waals surface area contributed by atoms with Crippen molar-refractivity contribution in [1.29, 1.82) is 0 Å². The monoisotopic (exact) mass is 468 g/mol. The van der Waals surface area contributed by atoms with Gasteiger partial charge in [0.2, 0.25) is 5.82 Å². The fraction of sp³-hybridized carbons (Fsp3) is 0.179. The number of anilines is 1. The minimum atomic E-state index is -0.490. The van der Waals surface area contributed by atoms with Crippen LogP contribution in [0.1, 0.15) is 42.5 Å². The van der Waals surface area contributed by atoms with Gasteiger partial charge in [-0.05, 0) is 61.2 Å². The van der Waals surface area contributed by atoms with Crippen molar-refractivity contribution in [3.8, 4) is 11.4 Å². The van der Waals surface area contributed by atoms with Gasteiger partial charge < -0.3 is 9.84 Å². The van der Waals surface area contributed by atoms with Crippen molar-refractivity contribution in [3.63, 3.8) is 0 Å².